The molecule has 0 aliphatic carbocycles. The average molecular weight is 537 g/mol. The number of thioether (sulfide) groups is 1. The summed E-state index contributed by atoms with van der Waals surface area (Å²) in [5.41, 5.74) is 3.37. The molecule has 2 aromatic rings. The molecule has 1 aromatic heterocycles. The molecule has 1 N–H and O–H groups in total. The predicted molar refractivity (Wildman–Crippen MR) is 147 cm³/mol. The van der Waals surface area contributed by atoms with E-state index in [-0.39, 0.29) is 18.4 Å². The summed E-state index contributed by atoms with van der Waals surface area (Å²) in [7, 11) is 3.15. The van der Waals surface area contributed by atoms with E-state index in [0.29, 0.717) is 40.9 Å². The van der Waals surface area contributed by atoms with Gasteiger partial charge in [0.1, 0.15) is 11.5 Å². The molecule has 38 heavy (non-hydrogen) atoms. The number of esters is 1. The van der Waals surface area contributed by atoms with E-state index in [9.17, 15) is 9.59 Å². The monoisotopic (exact) mass is 536 g/mol. The summed E-state index contributed by atoms with van der Waals surface area (Å²) in [5, 5.41) is 5.57. The van der Waals surface area contributed by atoms with Crippen LogP contribution in [0.3, 0.4) is 0 Å². The van der Waals surface area contributed by atoms with Gasteiger partial charge in [-0.15, -0.1) is 0 Å². The van der Waals surface area contributed by atoms with Gasteiger partial charge in [-0.25, -0.2) is 9.79 Å². The van der Waals surface area contributed by atoms with Crippen molar-refractivity contribution in [3.8, 4) is 11.5 Å². The summed E-state index contributed by atoms with van der Waals surface area (Å²) >= 11 is 1.42. The molecule has 4 rings (SSSR count). The summed E-state index contributed by atoms with van der Waals surface area (Å²) in [6.07, 6.45) is 2.19. The number of pyridine rings is 1. The maximum atomic E-state index is 13.4. The molecule has 1 amide bonds. The molecule has 1 aromatic carbocycles. The maximum absolute atomic E-state index is 13.4. The molecule has 0 spiro atoms. The number of allylic oxidation sites excluding steroid dienone is 1. The van der Waals surface area contributed by atoms with E-state index in [0.717, 1.165) is 17.0 Å². The van der Waals surface area contributed by atoms with E-state index in [2.05, 4.69) is 10.3 Å². The van der Waals surface area contributed by atoms with Crippen LogP contribution in [0.2, 0.25) is 0 Å². The summed E-state index contributed by atoms with van der Waals surface area (Å²) in [6, 6.07) is 10.6. The number of nitrogens with one attached hydrogen (secondary N) is 1. The van der Waals surface area contributed by atoms with Crippen LogP contribution in [0.25, 0.3) is 0 Å². The van der Waals surface area contributed by atoms with E-state index in [4.69, 9.17) is 19.2 Å². The standard InChI is InChI=1S/C28H32N4O5S/c1-17(2)37-27(34)25-18(3)31-28-32(26(25)19-12-22(35-4)15-23(13-19)36-5)21(16-38-28)14-24(33)30-11-9-20-8-6-7-10-29-20/h6-8,10,12-13,15-17,26H,9,11,14H2,1-5H3,(H,30,33). The molecule has 0 saturated carbocycles. The third kappa shape index (κ3) is 6.19. The average Bonchev–Trinajstić information content (AvgIpc) is 3.29. The van der Waals surface area contributed by atoms with Crippen LogP contribution in [0, 0.1) is 0 Å². The fraction of sp³-hybridized carbons (Fsp3) is 0.357. The number of methoxy groups -OCH3 is 2. The van der Waals surface area contributed by atoms with E-state index in [1.807, 2.05) is 40.6 Å². The number of amides is 1. The number of hydrogen-bond acceptors (Lipinski definition) is 9. The molecule has 9 nitrogen and oxygen atoms in total. The van der Waals surface area contributed by atoms with Crippen molar-refractivity contribution in [1.29, 1.82) is 0 Å². The fourth-order valence-electron chi connectivity index (χ4n) is 4.31. The van der Waals surface area contributed by atoms with E-state index < -0.39 is 12.0 Å². The Hall–Kier alpha value is -3.79. The minimum Gasteiger partial charge on any atom is -0.497 e. The molecule has 3 heterocycles. The van der Waals surface area contributed by atoms with Gasteiger partial charge in [0.25, 0.3) is 0 Å². The number of hydrogen-bond donors (Lipinski definition) is 1. The van der Waals surface area contributed by atoms with Crippen molar-refractivity contribution in [3.63, 3.8) is 0 Å². The molecule has 0 radical (unpaired) electrons. The normalized spacial score (nSPS) is 16.6. The van der Waals surface area contributed by atoms with Gasteiger partial charge in [-0.1, -0.05) is 17.8 Å². The van der Waals surface area contributed by atoms with Crippen molar-refractivity contribution in [3.05, 3.63) is 76.2 Å². The summed E-state index contributed by atoms with van der Waals surface area (Å²) in [6.45, 7) is 5.88. The molecular formula is C28H32N4O5S. The number of aliphatic imine (C=N–C) groups is 1. The van der Waals surface area contributed by atoms with Gasteiger partial charge < -0.3 is 24.4 Å². The number of carbonyl (C=O) groups is 2. The number of nitrogens with zero attached hydrogens (tertiary/aromatic N) is 3. The highest BCUT2D eigenvalue weighted by Crippen LogP contribution is 2.46. The van der Waals surface area contributed by atoms with Crippen molar-refractivity contribution in [2.45, 2.75) is 45.8 Å². The molecule has 0 fully saturated rings. The molecule has 1 atom stereocenters. The zero-order chi connectivity index (χ0) is 27.2. The molecule has 2 aliphatic heterocycles. The van der Waals surface area contributed by atoms with Gasteiger partial charge in [-0.2, -0.15) is 0 Å². The van der Waals surface area contributed by atoms with Crippen LogP contribution in [0.4, 0.5) is 0 Å². The molecule has 0 saturated heterocycles. The highest BCUT2D eigenvalue weighted by molar-refractivity contribution is 8.16. The first-order valence-corrected chi connectivity index (χ1v) is 13.2. The van der Waals surface area contributed by atoms with Crippen LogP contribution in [0.15, 0.2) is 70.0 Å². The van der Waals surface area contributed by atoms with E-state index in [1.165, 1.54) is 11.8 Å². The van der Waals surface area contributed by atoms with Gasteiger partial charge in [0.15, 0.2) is 5.17 Å². The minimum absolute atomic E-state index is 0.122. The van der Waals surface area contributed by atoms with Crippen molar-refractivity contribution in [2.24, 2.45) is 4.99 Å². The van der Waals surface area contributed by atoms with Crippen LogP contribution in [-0.2, 0) is 20.7 Å². The number of benzene rings is 1. The molecule has 2 aliphatic rings. The Bertz CT molecular complexity index is 1270. The van der Waals surface area contributed by atoms with Crippen LogP contribution >= 0.6 is 11.8 Å². The Morgan fingerprint density at radius 2 is 1.87 bits per heavy atom. The minimum atomic E-state index is -0.583. The zero-order valence-corrected chi connectivity index (χ0v) is 23.0. The van der Waals surface area contributed by atoms with Gasteiger partial charge in [0.2, 0.25) is 5.91 Å². The first-order chi connectivity index (χ1) is 18.3. The Balaban J connectivity index is 1.63. The topological polar surface area (TPSA) is 102 Å². The van der Waals surface area contributed by atoms with Gasteiger partial charge in [-0.3, -0.25) is 9.78 Å². The summed E-state index contributed by atoms with van der Waals surface area (Å²) in [4.78, 5) is 37.2. The first-order valence-electron chi connectivity index (χ1n) is 12.4. The lowest BCUT2D eigenvalue weighted by Gasteiger charge is -2.36. The number of fused-ring (bicyclic) bond motifs is 1. The Labute approximate surface area is 227 Å². The van der Waals surface area contributed by atoms with Crippen LogP contribution in [-0.4, -0.2) is 53.8 Å². The Morgan fingerprint density at radius 1 is 1.13 bits per heavy atom. The summed E-state index contributed by atoms with van der Waals surface area (Å²) in [5.74, 6) is 0.585. The van der Waals surface area contributed by atoms with Gasteiger partial charge in [0.05, 0.1) is 44.1 Å². The third-order valence-electron chi connectivity index (χ3n) is 6.02. The second-order valence-electron chi connectivity index (χ2n) is 9.09. The maximum Gasteiger partial charge on any atom is 0.338 e. The van der Waals surface area contributed by atoms with Crippen LogP contribution in [0.5, 0.6) is 11.5 Å². The first kappa shape index (κ1) is 27.3. The van der Waals surface area contributed by atoms with Crippen molar-refractivity contribution in [1.82, 2.24) is 15.2 Å². The Kier molecular flexibility index (Phi) is 8.73. The summed E-state index contributed by atoms with van der Waals surface area (Å²) < 4.78 is 16.6. The largest absolute Gasteiger partial charge is 0.497 e. The van der Waals surface area contributed by atoms with Crippen LogP contribution < -0.4 is 14.8 Å². The molecule has 0 bridgehead atoms. The number of aromatic nitrogens is 1. The van der Waals surface area contributed by atoms with Crippen molar-refractivity contribution < 1.29 is 23.8 Å². The van der Waals surface area contributed by atoms with Gasteiger partial charge >= 0.3 is 5.97 Å². The van der Waals surface area contributed by atoms with Crippen molar-refractivity contribution >= 4 is 28.8 Å². The lowest BCUT2D eigenvalue weighted by Crippen LogP contribution is -2.38. The smallest absolute Gasteiger partial charge is 0.338 e. The second kappa shape index (κ2) is 12.2. The molecule has 1 unspecified atom stereocenters. The molecule has 200 valence electrons. The molecular weight excluding hydrogens is 504 g/mol. The van der Waals surface area contributed by atoms with Gasteiger partial charge in [-0.05, 0) is 56.0 Å². The second-order valence-corrected chi connectivity index (χ2v) is 9.93. The fourth-order valence-corrected chi connectivity index (χ4v) is 5.28. The highest BCUT2D eigenvalue weighted by Gasteiger charge is 2.41. The lowest BCUT2D eigenvalue weighted by molar-refractivity contribution is -0.143. The quantitative estimate of drug-likeness (QED) is 0.447. The molecule has 10 heteroatoms. The zero-order valence-electron chi connectivity index (χ0n) is 22.2. The van der Waals surface area contributed by atoms with Crippen molar-refractivity contribution in [2.75, 3.05) is 20.8 Å². The SMILES string of the molecule is COc1cc(OC)cc(C2C(C(=O)OC(C)C)=C(C)N=C3SC=C(CC(=O)NCCc4ccccn4)N32)c1. The van der Waals surface area contributed by atoms with E-state index in [1.54, 1.807) is 47.3 Å². The Morgan fingerprint density at radius 3 is 2.50 bits per heavy atom. The highest BCUT2D eigenvalue weighted by atomic mass is 32.2. The number of amidine groups is 1. The lowest BCUT2D eigenvalue weighted by atomic mass is 9.93. The number of rotatable bonds is 10. The number of carbonyl (C=O) groups excluding carboxylic acids is 2. The van der Waals surface area contributed by atoms with Gasteiger partial charge in [0, 0.05) is 36.6 Å². The third-order valence-corrected chi connectivity index (χ3v) is 6.91. The van der Waals surface area contributed by atoms with Crippen LogP contribution in [0.1, 0.15) is 44.5 Å². The number of ether oxygens (including phenoxy) is 3. The van der Waals surface area contributed by atoms with E-state index >= 15 is 0 Å². The predicted octanol–water partition coefficient (Wildman–Crippen LogP) is 4.37.